The molecular formula is C17H26N4O. The van der Waals surface area contributed by atoms with E-state index in [1.807, 2.05) is 4.90 Å². The molecule has 120 valence electrons. The Morgan fingerprint density at radius 3 is 2.64 bits per heavy atom. The quantitative estimate of drug-likeness (QED) is 0.932. The van der Waals surface area contributed by atoms with Gasteiger partial charge in [-0.25, -0.2) is 9.97 Å². The summed E-state index contributed by atoms with van der Waals surface area (Å²) < 4.78 is 0. The number of amides is 1. The highest BCUT2D eigenvalue weighted by Crippen LogP contribution is 2.21. The van der Waals surface area contributed by atoms with Gasteiger partial charge in [-0.3, -0.25) is 4.79 Å². The zero-order chi connectivity index (χ0) is 15.4. The highest BCUT2D eigenvalue weighted by atomic mass is 16.2. The van der Waals surface area contributed by atoms with Gasteiger partial charge in [0.1, 0.15) is 11.5 Å². The first-order chi connectivity index (χ1) is 10.7. The molecule has 0 spiro atoms. The summed E-state index contributed by atoms with van der Waals surface area (Å²) in [6.07, 6.45) is 11.9. The van der Waals surface area contributed by atoms with Crippen LogP contribution < -0.4 is 5.32 Å². The zero-order valence-electron chi connectivity index (χ0n) is 13.4. The number of anilines is 1. The molecule has 1 N–H and O–H groups in total. The Balaban J connectivity index is 1.59. The van der Waals surface area contributed by atoms with Crippen molar-refractivity contribution < 1.29 is 4.79 Å². The van der Waals surface area contributed by atoms with Crippen LogP contribution in [0, 0.1) is 5.92 Å². The molecule has 0 aromatic carbocycles. The molecule has 1 amide bonds. The molecule has 1 unspecified atom stereocenters. The second-order valence-electron chi connectivity index (χ2n) is 6.76. The minimum absolute atomic E-state index is 0.0169. The van der Waals surface area contributed by atoms with Crippen molar-refractivity contribution in [3.05, 3.63) is 18.1 Å². The summed E-state index contributed by atoms with van der Waals surface area (Å²) in [7, 11) is 0. The molecule has 0 radical (unpaired) electrons. The number of carbonyl (C=O) groups is 1. The van der Waals surface area contributed by atoms with Crippen LogP contribution in [-0.4, -0.2) is 39.9 Å². The van der Waals surface area contributed by atoms with E-state index in [2.05, 4.69) is 22.2 Å². The molecule has 1 aliphatic carbocycles. The summed E-state index contributed by atoms with van der Waals surface area (Å²) in [5.74, 6) is 1.39. The molecule has 1 aliphatic heterocycles. The molecule has 22 heavy (non-hydrogen) atoms. The Morgan fingerprint density at radius 1 is 1.14 bits per heavy atom. The number of nitrogens with one attached hydrogen (secondary N) is 1. The third kappa shape index (κ3) is 3.76. The number of nitrogens with zero attached hydrogens (tertiary/aromatic N) is 3. The molecule has 1 atom stereocenters. The van der Waals surface area contributed by atoms with Crippen LogP contribution in [0.3, 0.4) is 0 Å². The SMILES string of the molecule is CC1CCCN(C(=O)c2cnc(NC3CCCCC3)cn2)C1. The molecule has 3 rings (SSSR count). The molecule has 5 heteroatoms. The van der Waals surface area contributed by atoms with Gasteiger partial charge in [0.15, 0.2) is 0 Å². The van der Waals surface area contributed by atoms with Crippen LogP contribution in [0.1, 0.15) is 62.4 Å². The maximum Gasteiger partial charge on any atom is 0.274 e. The minimum Gasteiger partial charge on any atom is -0.366 e. The molecule has 1 saturated heterocycles. The molecule has 5 nitrogen and oxygen atoms in total. The van der Waals surface area contributed by atoms with E-state index in [9.17, 15) is 4.79 Å². The molecule has 0 bridgehead atoms. The first-order valence-corrected chi connectivity index (χ1v) is 8.60. The summed E-state index contributed by atoms with van der Waals surface area (Å²) in [6.45, 7) is 3.87. The van der Waals surface area contributed by atoms with E-state index in [1.54, 1.807) is 12.4 Å². The normalized spacial score (nSPS) is 23.3. The standard InChI is InChI=1S/C17H26N4O/c1-13-6-5-9-21(12-13)17(22)15-10-19-16(11-18-15)20-14-7-3-2-4-8-14/h10-11,13-14H,2-9,12H2,1H3,(H,19,20). The highest BCUT2D eigenvalue weighted by molar-refractivity contribution is 5.92. The summed E-state index contributed by atoms with van der Waals surface area (Å²) >= 11 is 0. The first-order valence-electron chi connectivity index (χ1n) is 8.60. The van der Waals surface area contributed by atoms with Crippen LogP contribution in [0.2, 0.25) is 0 Å². The van der Waals surface area contributed by atoms with Crippen molar-refractivity contribution in [3.8, 4) is 0 Å². The predicted molar refractivity (Wildman–Crippen MR) is 86.8 cm³/mol. The van der Waals surface area contributed by atoms with Crippen molar-refractivity contribution in [1.82, 2.24) is 14.9 Å². The fourth-order valence-electron chi connectivity index (χ4n) is 3.50. The maximum absolute atomic E-state index is 12.4. The molecule has 2 aliphatic rings. The van der Waals surface area contributed by atoms with E-state index in [4.69, 9.17) is 0 Å². The van der Waals surface area contributed by atoms with Gasteiger partial charge in [-0.05, 0) is 31.6 Å². The van der Waals surface area contributed by atoms with E-state index in [1.165, 1.54) is 38.5 Å². The van der Waals surface area contributed by atoms with Gasteiger partial charge < -0.3 is 10.2 Å². The number of hydrogen-bond donors (Lipinski definition) is 1. The van der Waals surface area contributed by atoms with Crippen LogP contribution in [0.25, 0.3) is 0 Å². The van der Waals surface area contributed by atoms with Crippen molar-refractivity contribution in [2.45, 2.75) is 57.9 Å². The lowest BCUT2D eigenvalue weighted by molar-refractivity contribution is 0.0676. The Hall–Kier alpha value is -1.65. The van der Waals surface area contributed by atoms with Crippen molar-refractivity contribution >= 4 is 11.7 Å². The fraction of sp³-hybridized carbons (Fsp3) is 0.706. The van der Waals surface area contributed by atoms with E-state index >= 15 is 0 Å². The van der Waals surface area contributed by atoms with Crippen molar-refractivity contribution in [2.75, 3.05) is 18.4 Å². The Morgan fingerprint density at radius 2 is 1.95 bits per heavy atom. The van der Waals surface area contributed by atoms with Gasteiger partial charge in [0.25, 0.3) is 5.91 Å². The van der Waals surface area contributed by atoms with Crippen molar-refractivity contribution in [3.63, 3.8) is 0 Å². The Bertz CT molecular complexity index is 496. The third-order valence-electron chi connectivity index (χ3n) is 4.77. The highest BCUT2D eigenvalue weighted by Gasteiger charge is 2.23. The Kier molecular flexibility index (Phi) is 4.90. The van der Waals surface area contributed by atoms with Gasteiger partial charge in [0, 0.05) is 19.1 Å². The molecule has 1 saturated carbocycles. The number of carbonyl (C=O) groups excluding carboxylic acids is 1. The second-order valence-corrected chi connectivity index (χ2v) is 6.76. The molecule has 1 aromatic rings. The molecular weight excluding hydrogens is 276 g/mol. The van der Waals surface area contributed by atoms with Crippen LogP contribution >= 0.6 is 0 Å². The van der Waals surface area contributed by atoms with E-state index in [-0.39, 0.29) is 5.91 Å². The summed E-state index contributed by atoms with van der Waals surface area (Å²) in [6, 6.07) is 0.507. The fourth-order valence-corrected chi connectivity index (χ4v) is 3.50. The number of piperidine rings is 1. The van der Waals surface area contributed by atoms with Crippen molar-refractivity contribution in [2.24, 2.45) is 5.92 Å². The van der Waals surface area contributed by atoms with Gasteiger partial charge >= 0.3 is 0 Å². The lowest BCUT2D eigenvalue weighted by Gasteiger charge is -2.30. The maximum atomic E-state index is 12.4. The van der Waals surface area contributed by atoms with E-state index in [0.717, 1.165) is 25.3 Å². The van der Waals surface area contributed by atoms with Crippen LogP contribution in [-0.2, 0) is 0 Å². The topological polar surface area (TPSA) is 58.1 Å². The van der Waals surface area contributed by atoms with Gasteiger partial charge in [0.2, 0.25) is 0 Å². The lowest BCUT2D eigenvalue weighted by atomic mass is 9.96. The van der Waals surface area contributed by atoms with Gasteiger partial charge in [-0.15, -0.1) is 0 Å². The average Bonchev–Trinajstić information content (AvgIpc) is 2.56. The zero-order valence-corrected chi connectivity index (χ0v) is 13.4. The molecule has 1 aromatic heterocycles. The van der Waals surface area contributed by atoms with Gasteiger partial charge in [0.05, 0.1) is 12.4 Å². The Labute approximate surface area is 132 Å². The van der Waals surface area contributed by atoms with Gasteiger partial charge in [-0.1, -0.05) is 26.2 Å². The van der Waals surface area contributed by atoms with Crippen LogP contribution in [0.5, 0.6) is 0 Å². The van der Waals surface area contributed by atoms with E-state index in [0.29, 0.717) is 17.7 Å². The third-order valence-corrected chi connectivity index (χ3v) is 4.77. The van der Waals surface area contributed by atoms with Gasteiger partial charge in [-0.2, -0.15) is 0 Å². The number of likely N-dealkylation sites (tertiary alicyclic amines) is 1. The average molecular weight is 302 g/mol. The second kappa shape index (κ2) is 7.07. The summed E-state index contributed by atoms with van der Waals surface area (Å²) in [5, 5.41) is 3.44. The molecule has 2 fully saturated rings. The largest absolute Gasteiger partial charge is 0.366 e. The lowest BCUT2D eigenvalue weighted by Crippen LogP contribution is -2.39. The summed E-state index contributed by atoms with van der Waals surface area (Å²) in [5.41, 5.74) is 0.461. The number of aromatic nitrogens is 2. The molecule has 2 heterocycles. The monoisotopic (exact) mass is 302 g/mol. The summed E-state index contributed by atoms with van der Waals surface area (Å²) in [4.78, 5) is 23.1. The van der Waals surface area contributed by atoms with Crippen molar-refractivity contribution in [1.29, 1.82) is 0 Å². The van der Waals surface area contributed by atoms with E-state index < -0.39 is 0 Å². The van der Waals surface area contributed by atoms with Crippen LogP contribution in [0.4, 0.5) is 5.82 Å². The minimum atomic E-state index is 0.0169. The smallest absolute Gasteiger partial charge is 0.274 e. The number of hydrogen-bond acceptors (Lipinski definition) is 4. The van der Waals surface area contributed by atoms with Crippen LogP contribution in [0.15, 0.2) is 12.4 Å². The number of rotatable bonds is 3. The first kappa shape index (κ1) is 15.3. The predicted octanol–water partition coefficient (Wildman–Crippen LogP) is 3.09.